The first kappa shape index (κ1) is 22.9. The average Bonchev–Trinajstić information content (AvgIpc) is 2.66. The third-order valence-corrected chi connectivity index (χ3v) is 13.3. The van der Waals surface area contributed by atoms with E-state index < -0.39 is 0 Å². The van der Waals surface area contributed by atoms with Gasteiger partial charge in [-0.3, -0.25) is 0 Å². The molecule has 0 N–H and O–H groups in total. The Bertz CT molecular complexity index is 762. The summed E-state index contributed by atoms with van der Waals surface area (Å²) in [6.45, 7) is 34.6. The molecule has 2 bridgehead atoms. The summed E-state index contributed by atoms with van der Waals surface area (Å²) in [4.78, 5) is 0. The van der Waals surface area contributed by atoms with Crippen LogP contribution in [-0.4, -0.2) is 12.7 Å². The lowest BCUT2D eigenvalue weighted by Crippen LogP contribution is -2.73. The van der Waals surface area contributed by atoms with Crippen molar-refractivity contribution in [3.63, 3.8) is 0 Å². The molecule has 0 radical (unpaired) electrons. The summed E-state index contributed by atoms with van der Waals surface area (Å²) in [5.74, 6) is 5.35. The molecule has 9 unspecified atom stereocenters. The van der Waals surface area contributed by atoms with E-state index in [1.807, 2.05) is 0 Å². The van der Waals surface area contributed by atoms with Crippen molar-refractivity contribution in [2.24, 2.45) is 69.0 Å². The maximum atomic E-state index is 6.34. The Labute approximate surface area is 187 Å². The van der Waals surface area contributed by atoms with Crippen molar-refractivity contribution in [2.75, 3.05) is 6.61 Å². The van der Waals surface area contributed by atoms with Crippen LogP contribution in [0.2, 0.25) is 0 Å². The summed E-state index contributed by atoms with van der Waals surface area (Å²) >= 11 is 0. The van der Waals surface area contributed by atoms with Crippen LogP contribution in [-0.2, 0) is 4.74 Å². The van der Waals surface area contributed by atoms with Gasteiger partial charge >= 0.3 is 0 Å². The molecule has 1 heterocycles. The minimum Gasteiger partial charge on any atom is -0.377 e. The van der Waals surface area contributed by atoms with Crippen LogP contribution >= 0.6 is 0 Å². The molecule has 172 valence electrons. The Morgan fingerprint density at radius 1 is 0.733 bits per heavy atom. The van der Waals surface area contributed by atoms with Gasteiger partial charge in [0.05, 0.1) is 12.7 Å². The van der Waals surface area contributed by atoms with E-state index in [9.17, 15) is 0 Å². The third-order valence-electron chi connectivity index (χ3n) is 13.3. The molecule has 1 saturated heterocycles. The molecule has 1 heteroatoms. The van der Waals surface area contributed by atoms with Crippen LogP contribution in [0.3, 0.4) is 0 Å². The van der Waals surface area contributed by atoms with Gasteiger partial charge in [0.2, 0.25) is 0 Å². The first-order valence-corrected chi connectivity index (χ1v) is 12.9. The highest BCUT2D eigenvalue weighted by Gasteiger charge is 2.72. The first-order chi connectivity index (χ1) is 13.6. The molecule has 30 heavy (non-hydrogen) atoms. The second-order valence-corrected chi connectivity index (χ2v) is 13.7. The van der Waals surface area contributed by atoms with Crippen LogP contribution in [0.5, 0.6) is 0 Å². The fourth-order valence-electron chi connectivity index (χ4n) is 10.6. The predicted octanol–water partition coefficient (Wildman–Crippen LogP) is 7.86. The van der Waals surface area contributed by atoms with Crippen molar-refractivity contribution in [3.8, 4) is 0 Å². The molecule has 0 spiro atoms. The van der Waals surface area contributed by atoms with Crippen molar-refractivity contribution in [1.29, 1.82) is 0 Å². The van der Waals surface area contributed by atoms with Crippen molar-refractivity contribution in [3.05, 3.63) is 11.1 Å². The van der Waals surface area contributed by atoms with Gasteiger partial charge in [-0.15, -0.1) is 0 Å². The van der Waals surface area contributed by atoms with Crippen molar-refractivity contribution in [2.45, 2.75) is 96.1 Å². The minimum absolute atomic E-state index is 0.222. The maximum absolute atomic E-state index is 6.34. The molecule has 0 aromatic rings. The van der Waals surface area contributed by atoms with Gasteiger partial charge in [0.25, 0.3) is 0 Å². The normalized spacial score (nSPS) is 60.1. The zero-order valence-electron chi connectivity index (χ0n) is 22.3. The molecular weight excluding hydrogens is 364 g/mol. The summed E-state index contributed by atoms with van der Waals surface area (Å²) in [5.41, 5.74) is 4.64. The number of hydrogen-bond acceptors (Lipinski definition) is 1. The molecule has 2 saturated carbocycles. The summed E-state index contributed by atoms with van der Waals surface area (Å²) in [6, 6.07) is 0. The summed E-state index contributed by atoms with van der Waals surface area (Å²) in [5, 5.41) is 0. The van der Waals surface area contributed by atoms with Gasteiger partial charge in [0, 0.05) is 5.41 Å². The Morgan fingerprint density at radius 3 is 1.80 bits per heavy atom. The lowest BCUT2D eigenvalue weighted by atomic mass is 9.32. The predicted molar refractivity (Wildman–Crippen MR) is 128 cm³/mol. The minimum atomic E-state index is 0.222. The van der Waals surface area contributed by atoms with Gasteiger partial charge < -0.3 is 4.74 Å². The number of allylic oxidation sites excluding steroid dienone is 2. The molecule has 0 aromatic heterocycles. The topological polar surface area (TPSA) is 9.23 Å². The summed E-state index contributed by atoms with van der Waals surface area (Å²) in [6.07, 6.45) is 0.440. The van der Waals surface area contributed by atoms with E-state index in [-0.39, 0.29) is 10.8 Å². The highest BCUT2D eigenvalue weighted by Crippen LogP contribution is 2.74. The second-order valence-electron chi connectivity index (χ2n) is 13.7. The van der Waals surface area contributed by atoms with Crippen molar-refractivity contribution >= 4 is 0 Å². The van der Waals surface area contributed by atoms with Gasteiger partial charge in [0.1, 0.15) is 0 Å². The lowest BCUT2D eigenvalue weighted by molar-refractivity contribution is -0.322. The van der Waals surface area contributed by atoms with E-state index >= 15 is 0 Å². The molecular formula is C29H50O. The molecule has 12 atom stereocenters. The first-order valence-electron chi connectivity index (χ1n) is 12.9. The molecule has 0 amide bonds. The van der Waals surface area contributed by atoms with Crippen LogP contribution in [0.15, 0.2) is 11.1 Å². The smallest absolute Gasteiger partial charge is 0.0682 e. The van der Waals surface area contributed by atoms with E-state index in [2.05, 4.69) is 90.0 Å². The fraction of sp³-hybridized carbons (Fsp3) is 0.931. The van der Waals surface area contributed by atoms with Crippen LogP contribution in [0.1, 0.15) is 90.0 Å². The Balaban J connectivity index is 2.05. The maximum Gasteiger partial charge on any atom is 0.0682 e. The largest absolute Gasteiger partial charge is 0.377 e. The van der Waals surface area contributed by atoms with E-state index in [0.717, 1.165) is 6.61 Å². The van der Waals surface area contributed by atoms with Gasteiger partial charge in [-0.2, -0.15) is 0 Å². The fourth-order valence-corrected chi connectivity index (χ4v) is 10.6. The van der Waals surface area contributed by atoms with Gasteiger partial charge in [-0.25, -0.2) is 0 Å². The SMILES string of the molecule is CC1=C2C(C)C(C)C3(C)C(C)C(C)[C@H]4OC[C@@]4(C)C3C(C)[C@](C)(C(C)C1C)C2(C)C. The summed E-state index contributed by atoms with van der Waals surface area (Å²) < 4.78 is 6.34. The van der Waals surface area contributed by atoms with E-state index in [1.165, 1.54) is 0 Å². The highest BCUT2D eigenvalue weighted by atomic mass is 16.5. The zero-order chi connectivity index (χ0) is 22.8. The van der Waals surface area contributed by atoms with Gasteiger partial charge in [-0.1, -0.05) is 94.2 Å². The Hall–Kier alpha value is -0.300. The third kappa shape index (κ3) is 2.20. The van der Waals surface area contributed by atoms with Crippen molar-refractivity contribution < 1.29 is 4.74 Å². The Kier molecular flexibility index (Phi) is 4.87. The van der Waals surface area contributed by atoms with E-state index in [4.69, 9.17) is 4.74 Å². The molecule has 1 nitrogen and oxygen atoms in total. The zero-order valence-corrected chi connectivity index (χ0v) is 22.3. The van der Waals surface area contributed by atoms with E-state index in [1.54, 1.807) is 11.1 Å². The molecule has 4 aliphatic rings. The average molecular weight is 415 g/mol. The Morgan fingerprint density at radius 2 is 1.30 bits per heavy atom. The molecule has 0 aromatic carbocycles. The van der Waals surface area contributed by atoms with Crippen LogP contribution in [0, 0.1) is 69.0 Å². The van der Waals surface area contributed by atoms with Crippen LogP contribution in [0.4, 0.5) is 0 Å². The lowest BCUT2D eigenvalue weighted by Gasteiger charge is -2.74. The second kappa shape index (κ2) is 6.39. The molecule has 3 fully saturated rings. The molecule has 1 aliphatic heterocycles. The van der Waals surface area contributed by atoms with E-state index in [0.29, 0.717) is 64.3 Å². The molecule has 3 aliphatic carbocycles. The molecule has 4 rings (SSSR count). The quantitative estimate of drug-likeness (QED) is 0.367. The summed E-state index contributed by atoms with van der Waals surface area (Å²) in [7, 11) is 0. The number of ether oxygens (including phenoxy) is 1. The van der Waals surface area contributed by atoms with Gasteiger partial charge in [0.15, 0.2) is 0 Å². The van der Waals surface area contributed by atoms with Gasteiger partial charge in [-0.05, 0) is 70.5 Å². The standard InChI is InChI=1S/C29H50O/c1-15-16(2)23-17(3)19(5)28(12)20(6)18(4)25-27(11,14-30-25)24(28)22(8)29(13,21(15)7)26(23,9)10/h15,17-22,24-25H,14H2,1-13H3/t15?,17?,18?,19?,20?,21?,22?,24?,25-,27+,28?,29+/m1/s1. The van der Waals surface area contributed by atoms with Crippen LogP contribution in [0.25, 0.3) is 0 Å². The van der Waals surface area contributed by atoms with Crippen LogP contribution < -0.4 is 0 Å². The monoisotopic (exact) mass is 414 g/mol. The highest BCUT2D eigenvalue weighted by molar-refractivity contribution is 5.35. The number of rotatable bonds is 0. The number of hydrogen-bond donors (Lipinski definition) is 0. The van der Waals surface area contributed by atoms with Crippen molar-refractivity contribution in [1.82, 2.24) is 0 Å². The number of fused-ring (bicyclic) bond motifs is 5.